The van der Waals surface area contributed by atoms with Crippen molar-refractivity contribution in [2.45, 2.75) is 58.8 Å². The van der Waals surface area contributed by atoms with Crippen molar-refractivity contribution < 1.29 is 24.5 Å². The number of nitrogens with one attached hydrogen (secondary N) is 1. The van der Waals surface area contributed by atoms with Crippen molar-refractivity contribution >= 4 is 12.1 Å². The fourth-order valence-electron chi connectivity index (χ4n) is 1.84. The Morgan fingerprint density at radius 1 is 1.35 bits per heavy atom. The molecular weight excluding hydrogens is 304 g/mol. The zero-order valence-corrected chi connectivity index (χ0v) is 14.0. The topological polar surface area (TPSA) is 127 Å². The number of hydrogen-bond donors (Lipinski definition) is 3. The number of carbonyl (C=O) groups is 2. The minimum Gasteiger partial charge on any atom is -0.476 e. The summed E-state index contributed by atoms with van der Waals surface area (Å²) in [6, 6.07) is -0.438. The van der Waals surface area contributed by atoms with E-state index < -0.39 is 29.8 Å². The standard InChI is InChI=1S/C14H24N4O5/c1-8(9(2)19)18-10(11(12(20)21)16-17-18)6-7-15-13(22)23-14(3,4)5/h8-9,19H,6-7H2,1-5H3,(H,15,22)(H,20,21). The Balaban J connectivity index is 2.80. The van der Waals surface area contributed by atoms with Gasteiger partial charge in [-0.2, -0.15) is 0 Å². The summed E-state index contributed by atoms with van der Waals surface area (Å²) >= 11 is 0. The molecule has 1 rings (SSSR count). The molecular formula is C14H24N4O5. The summed E-state index contributed by atoms with van der Waals surface area (Å²) in [5, 5.41) is 28.8. The first kappa shape index (κ1) is 18.9. The number of aliphatic hydroxyl groups excluding tert-OH is 1. The van der Waals surface area contributed by atoms with Gasteiger partial charge in [-0.1, -0.05) is 5.21 Å². The summed E-state index contributed by atoms with van der Waals surface area (Å²) in [6.45, 7) is 8.69. The van der Waals surface area contributed by atoms with Gasteiger partial charge in [0, 0.05) is 13.0 Å². The van der Waals surface area contributed by atoms with Crippen LogP contribution in [0, 0.1) is 0 Å². The van der Waals surface area contributed by atoms with Gasteiger partial charge in [-0.3, -0.25) is 0 Å². The van der Waals surface area contributed by atoms with E-state index in [4.69, 9.17) is 4.74 Å². The quantitative estimate of drug-likeness (QED) is 0.710. The van der Waals surface area contributed by atoms with Crippen LogP contribution in [0.3, 0.4) is 0 Å². The zero-order valence-electron chi connectivity index (χ0n) is 14.0. The molecule has 1 amide bonds. The highest BCUT2D eigenvalue weighted by atomic mass is 16.6. The van der Waals surface area contributed by atoms with E-state index in [2.05, 4.69) is 15.6 Å². The number of aromatic carboxylic acids is 1. The van der Waals surface area contributed by atoms with E-state index >= 15 is 0 Å². The summed E-state index contributed by atoms with van der Waals surface area (Å²) in [5.74, 6) is -1.21. The number of carbonyl (C=O) groups excluding carboxylic acids is 1. The smallest absolute Gasteiger partial charge is 0.407 e. The summed E-state index contributed by atoms with van der Waals surface area (Å²) in [7, 11) is 0. The second-order valence-electron chi connectivity index (χ2n) is 6.29. The molecule has 1 aromatic heterocycles. The van der Waals surface area contributed by atoms with E-state index in [0.29, 0.717) is 5.69 Å². The number of carboxylic acid groups (broad SMARTS) is 1. The lowest BCUT2D eigenvalue weighted by atomic mass is 10.1. The van der Waals surface area contributed by atoms with Crippen molar-refractivity contribution in [2.24, 2.45) is 0 Å². The SMILES string of the molecule is CC(O)C(C)n1nnc(C(=O)O)c1CCNC(=O)OC(C)(C)C. The first-order valence-electron chi connectivity index (χ1n) is 7.35. The predicted molar refractivity (Wildman–Crippen MR) is 81.3 cm³/mol. The lowest BCUT2D eigenvalue weighted by Crippen LogP contribution is -2.34. The largest absolute Gasteiger partial charge is 0.476 e. The Bertz CT molecular complexity index is 562. The average molecular weight is 328 g/mol. The highest BCUT2D eigenvalue weighted by molar-refractivity contribution is 5.86. The molecule has 1 heterocycles. The lowest BCUT2D eigenvalue weighted by Gasteiger charge is -2.20. The molecule has 3 N–H and O–H groups in total. The van der Waals surface area contributed by atoms with Crippen molar-refractivity contribution in [3.05, 3.63) is 11.4 Å². The molecule has 0 radical (unpaired) electrons. The molecule has 0 aliphatic rings. The van der Waals surface area contributed by atoms with Crippen molar-refractivity contribution in [2.75, 3.05) is 6.54 Å². The number of rotatable bonds is 6. The molecule has 0 aliphatic carbocycles. The molecule has 0 bridgehead atoms. The third-order valence-corrected chi connectivity index (χ3v) is 3.11. The molecule has 0 aromatic carbocycles. The molecule has 9 heteroatoms. The second kappa shape index (κ2) is 7.40. The van der Waals surface area contributed by atoms with Gasteiger partial charge in [-0.25, -0.2) is 14.3 Å². The molecule has 0 spiro atoms. The number of alkyl carbamates (subject to hydrolysis) is 1. The van der Waals surface area contributed by atoms with Crippen LogP contribution in [0.25, 0.3) is 0 Å². The first-order valence-corrected chi connectivity index (χ1v) is 7.35. The Labute approximate surface area is 134 Å². The molecule has 0 aliphatic heterocycles. The number of aromatic nitrogens is 3. The van der Waals surface area contributed by atoms with E-state index in [0.717, 1.165) is 0 Å². The van der Waals surface area contributed by atoms with Crippen LogP contribution in [0.15, 0.2) is 0 Å². The van der Waals surface area contributed by atoms with Crippen LogP contribution in [0.5, 0.6) is 0 Å². The van der Waals surface area contributed by atoms with Crippen molar-refractivity contribution in [1.29, 1.82) is 0 Å². The number of ether oxygens (including phenoxy) is 1. The Morgan fingerprint density at radius 2 is 1.96 bits per heavy atom. The third kappa shape index (κ3) is 5.51. The maximum Gasteiger partial charge on any atom is 0.407 e. The van der Waals surface area contributed by atoms with Gasteiger partial charge in [0.1, 0.15) is 5.60 Å². The maximum absolute atomic E-state index is 11.6. The van der Waals surface area contributed by atoms with E-state index in [1.807, 2.05) is 0 Å². The highest BCUT2D eigenvalue weighted by Gasteiger charge is 2.24. The molecule has 23 heavy (non-hydrogen) atoms. The first-order chi connectivity index (χ1) is 10.5. The van der Waals surface area contributed by atoms with Gasteiger partial charge >= 0.3 is 12.1 Å². The molecule has 0 saturated heterocycles. The predicted octanol–water partition coefficient (Wildman–Crippen LogP) is 0.985. The Kier molecular flexibility index (Phi) is 6.08. The zero-order chi connectivity index (χ0) is 17.8. The number of amides is 1. The van der Waals surface area contributed by atoms with Gasteiger partial charge in [0.25, 0.3) is 0 Å². The molecule has 1 aromatic rings. The van der Waals surface area contributed by atoms with Crippen molar-refractivity contribution in [3.8, 4) is 0 Å². The number of hydrogen-bond acceptors (Lipinski definition) is 6. The lowest BCUT2D eigenvalue weighted by molar-refractivity contribution is 0.0527. The van der Waals surface area contributed by atoms with Gasteiger partial charge in [0.15, 0.2) is 5.69 Å². The number of nitrogens with zero attached hydrogens (tertiary/aromatic N) is 3. The van der Waals surface area contributed by atoms with Crippen molar-refractivity contribution in [1.82, 2.24) is 20.3 Å². The van der Waals surface area contributed by atoms with E-state index in [1.165, 1.54) is 4.68 Å². The summed E-state index contributed by atoms with van der Waals surface area (Å²) in [6.07, 6.45) is -1.11. The Morgan fingerprint density at radius 3 is 2.43 bits per heavy atom. The summed E-state index contributed by atoms with van der Waals surface area (Å²) in [4.78, 5) is 22.8. The molecule has 0 fully saturated rings. The van der Waals surface area contributed by atoms with Crippen molar-refractivity contribution in [3.63, 3.8) is 0 Å². The van der Waals surface area contributed by atoms with Gasteiger partial charge in [0.2, 0.25) is 0 Å². The number of aliphatic hydroxyl groups is 1. The molecule has 2 unspecified atom stereocenters. The van der Waals surface area contributed by atoms with E-state index in [9.17, 15) is 19.8 Å². The monoisotopic (exact) mass is 328 g/mol. The van der Waals surface area contributed by atoms with Crippen LogP contribution in [-0.2, 0) is 11.2 Å². The summed E-state index contributed by atoms with van der Waals surface area (Å²) < 4.78 is 6.47. The minimum atomic E-state index is -1.21. The average Bonchev–Trinajstić information content (AvgIpc) is 2.79. The van der Waals surface area contributed by atoms with Crippen LogP contribution in [0.4, 0.5) is 4.79 Å². The van der Waals surface area contributed by atoms with Gasteiger partial charge in [0.05, 0.1) is 17.8 Å². The normalized spacial score (nSPS) is 14.2. The van der Waals surface area contributed by atoms with E-state index in [1.54, 1.807) is 34.6 Å². The van der Waals surface area contributed by atoms with Crippen LogP contribution < -0.4 is 5.32 Å². The van der Waals surface area contributed by atoms with Crippen LogP contribution in [0.2, 0.25) is 0 Å². The molecule has 0 saturated carbocycles. The summed E-state index contributed by atoms with van der Waals surface area (Å²) in [5.41, 5.74) is -0.467. The van der Waals surface area contributed by atoms with Gasteiger partial charge in [-0.15, -0.1) is 5.10 Å². The van der Waals surface area contributed by atoms with Crippen LogP contribution >= 0.6 is 0 Å². The second-order valence-corrected chi connectivity index (χ2v) is 6.29. The van der Waals surface area contributed by atoms with Gasteiger partial charge in [-0.05, 0) is 34.6 Å². The molecule has 130 valence electrons. The molecule has 9 nitrogen and oxygen atoms in total. The number of carboxylic acids is 1. The molecule has 2 atom stereocenters. The fraction of sp³-hybridized carbons (Fsp3) is 0.714. The fourth-order valence-corrected chi connectivity index (χ4v) is 1.84. The van der Waals surface area contributed by atoms with E-state index in [-0.39, 0.29) is 18.7 Å². The minimum absolute atomic E-state index is 0.162. The van der Waals surface area contributed by atoms with Crippen LogP contribution in [-0.4, -0.2) is 55.5 Å². The maximum atomic E-state index is 11.6. The Hall–Kier alpha value is -2.16. The third-order valence-electron chi connectivity index (χ3n) is 3.11. The van der Waals surface area contributed by atoms with Crippen LogP contribution in [0.1, 0.15) is 56.8 Å². The highest BCUT2D eigenvalue weighted by Crippen LogP contribution is 2.16. The van der Waals surface area contributed by atoms with Gasteiger partial charge < -0.3 is 20.3 Å².